The summed E-state index contributed by atoms with van der Waals surface area (Å²) >= 11 is 5.62. The first kappa shape index (κ1) is 18.0. The molecule has 0 spiro atoms. The molecule has 0 bridgehead atoms. The van der Waals surface area contributed by atoms with Crippen molar-refractivity contribution in [1.82, 2.24) is 0 Å². The second kappa shape index (κ2) is 5.31. The molecular formula is C12H16ClF4NO2S. The van der Waals surface area contributed by atoms with Crippen LogP contribution in [-0.4, -0.2) is 16.1 Å². The van der Waals surface area contributed by atoms with E-state index in [-0.39, 0.29) is 6.42 Å². The minimum atomic E-state index is -8.53. The number of halogens is 5. The van der Waals surface area contributed by atoms with E-state index >= 15 is 0 Å². The van der Waals surface area contributed by atoms with Crippen LogP contribution in [0.15, 0.2) is 29.2 Å². The van der Waals surface area contributed by atoms with Crippen LogP contribution in [-0.2, 0) is 0 Å². The predicted octanol–water partition coefficient (Wildman–Crippen LogP) is 6.17. The van der Waals surface area contributed by atoms with Crippen molar-refractivity contribution >= 4 is 27.1 Å². The van der Waals surface area contributed by atoms with Crippen LogP contribution in [0.4, 0.5) is 21.2 Å². The van der Waals surface area contributed by atoms with E-state index in [1.807, 2.05) is 0 Å². The Balaban J connectivity index is 3.10. The molecule has 1 rings (SSSR count). The highest BCUT2D eigenvalue weighted by Crippen LogP contribution is 3.00. The van der Waals surface area contributed by atoms with Gasteiger partial charge in [0.15, 0.2) is 9.84 Å². The minimum Gasteiger partial charge on any atom is -0.258 e. The monoisotopic (exact) mass is 349 g/mol. The van der Waals surface area contributed by atoms with Gasteiger partial charge in [-0.05, 0) is 18.6 Å². The highest BCUT2D eigenvalue weighted by molar-refractivity contribution is 8.49. The van der Waals surface area contributed by atoms with Gasteiger partial charge in [0, 0.05) is 17.5 Å². The number of nitro groups is 1. The topological polar surface area (TPSA) is 43.1 Å². The minimum absolute atomic E-state index is 0.0622. The molecule has 0 amide bonds. The highest BCUT2D eigenvalue weighted by Gasteiger charge is 2.65. The summed E-state index contributed by atoms with van der Waals surface area (Å²) in [5.74, 6) is -1.74. The second-order valence-electron chi connectivity index (χ2n) is 4.90. The molecule has 9 heteroatoms. The van der Waals surface area contributed by atoms with Gasteiger partial charge in [-0.2, -0.15) is 0 Å². The van der Waals surface area contributed by atoms with Crippen LogP contribution >= 0.6 is 21.4 Å². The van der Waals surface area contributed by atoms with Gasteiger partial charge in [-0.25, -0.2) is 0 Å². The van der Waals surface area contributed by atoms with Crippen molar-refractivity contribution in [3.05, 3.63) is 34.4 Å². The van der Waals surface area contributed by atoms with Crippen molar-refractivity contribution in [3.8, 4) is 0 Å². The van der Waals surface area contributed by atoms with E-state index in [1.165, 1.54) is 0 Å². The van der Waals surface area contributed by atoms with Crippen LogP contribution in [0.25, 0.3) is 0 Å². The summed E-state index contributed by atoms with van der Waals surface area (Å²) in [5, 5.41) is 9.08. The van der Waals surface area contributed by atoms with E-state index in [0.717, 1.165) is 0 Å². The van der Waals surface area contributed by atoms with Gasteiger partial charge in [-0.1, -0.05) is 19.8 Å². The number of hydrogen-bond acceptors (Lipinski definition) is 2. The summed E-state index contributed by atoms with van der Waals surface area (Å²) in [6.45, 7) is 1.80. The zero-order valence-corrected chi connectivity index (χ0v) is 12.8. The van der Waals surface area contributed by atoms with Crippen LogP contribution in [0.1, 0.15) is 26.2 Å². The molecule has 1 unspecified atom stereocenters. The zero-order valence-electron chi connectivity index (χ0n) is 11.3. The molecule has 1 atom stereocenters. The molecule has 0 aliphatic rings. The summed E-state index contributed by atoms with van der Waals surface area (Å²) in [5.41, 5.74) is -0.527. The molecular weight excluding hydrogens is 334 g/mol. The SMILES string of the molecule is CCCCC(Cl)CS(F)(F)(F)(F)c1ccc([N+](=O)[O-])cc1. The summed E-state index contributed by atoms with van der Waals surface area (Å²) in [6, 6.07) is 2.10. The molecule has 0 aliphatic carbocycles. The first-order chi connectivity index (χ1) is 9.38. The Kier molecular flexibility index (Phi) is 4.56. The van der Waals surface area contributed by atoms with Crippen LogP contribution < -0.4 is 0 Å². The van der Waals surface area contributed by atoms with Crippen LogP contribution in [0.5, 0.6) is 0 Å². The van der Waals surface area contributed by atoms with Crippen molar-refractivity contribution in [2.45, 2.75) is 36.5 Å². The number of hydrogen-bond donors (Lipinski definition) is 0. The molecule has 0 saturated carbocycles. The zero-order chi connectivity index (χ0) is 16.4. The molecule has 0 heterocycles. The summed E-state index contributed by atoms with van der Waals surface area (Å²) < 4.78 is 56.3. The molecule has 0 N–H and O–H groups in total. The van der Waals surface area contributed by atoms with Crippen molar-refractivity contribution < 1.29 is 20.5 Å². The number of unbranched alkanes of at least 4 members (excludes halogenated alkanes) is 1. The Morgan fingerprint density at radius 1 is 1.24 bits per heavy atom. The molecule has 0 radical (unpaired) electrons. The number of nitrogens with zero attached hydrogens (tertiary/aromatic N) is 1. The third-order valence-corrected chi connectivity index (χ3v) is 5.90. The highest BCUT2D eigenvalue weighted by atomic mass is 35.5. The number of alkyl halides is 1. The average Bonchev–Trinajstić information content (AvgIpc) is 2.34. The largest absolute Gasteiger partial charge is 0.269 e. The maximum absolute atomic E-state index is 14.1. The van der Waals surface area contributed by atoms with Gasteiger partial charge in [-0.15, -0.1) is 27.1 Å². The fourth-order valence-electron chi connectivity index (χ4n) is 1.84. The number of benzene rings is 1. The molecule has 3 nitrogen and oxygen atoms in total. The van der Waals surface area contributed by atoms with Gasteiger partial charge >= 0.3 is 0 Å². The lowest BCUT2D eigenvalue weighted by molar-refractivity contribution is -0.384. The van der Waals surface area contributed by atoms with E-state index < -0.39 is 36.5 Å². The van der Waals surface area contributed by atoms with Gasteiger partial charge in [0.1, 0.15) is 0 Å². The van der Waals surface area contributed by atoms with Gasteiger partial charge in [0.2, 0.25) is 0 Å². The third kappa shape index (κ3) is 4.74. The normalized spacial score (nSPS) is 16.9. The first-order valence-electron chi connectivity index (χ1n) is 6.26. The number of nitro benzene ring substituents is 1. The Bertz CT molecular complexity index is 531. The van der Waals surface area contributed by atoms with E-state index in [4.69, 9.17) is 11.6 Å². The van der Waals surface area contributed by atoms with Gasteiger partial charge in [-0.3, -0.25) is 10.1 Å². The van der Waals surface area contributed by atoms with Gasteiger partial charge in [0.05, 0.1) is 15.6 Å². The van der Waals surface area contributed by atoms with Gasteiger partial charge < -0.3 is 0 Å². The van der Waals surface area contributed by atoms with Crippen LogP contribution in [0, 0.1) is 10.1 Å². The van der Waals surface area contributed by atoms with E-state index in [9.17, 15) is 25.7 Å². The summed E-state index contributed by atoms with van der Waals surface area (Å²) in [7, 11) is -8.53. The molecule has 1 aromatic rings. The fraction of sp³-hybridized carbons (Fsp3) is 0.500. The van der Waals surface area contributed by atoms with E-state index in [1.54, 1.807) is 6.92 Å². The number of non-ortho nitro benzene ring substituents is 1. The third-order valence-electron chi connectivity index (χ3n) is 2.96. The van der Waals surface area contributed by atoms with E-state index in [0.29, 0.717) is 37.1 Å². The smallest absolute Gasteiger partial charge is 0.258 e. The molecule has 0 aliphatic heterocycles. The summed E-state index contributed by atoms with van der Waals surface area (Å²) in [4.78, 5) is 8.11. The lowest BCUT2D eigenvalue weighted by Crippen LogP contribution is -2.25. The van der Waals surface area contributed by atoms with Crippen molar-refractivity contribution in [2.75, 3.05) is 5.75 Å². The molecule has 0 fully saturated rings. The maximum Gasteiger partial charge on any atom is 0.269 e. The van der Waals surface area contributed by atoms with Crippen LogP contribution in [0.3, 0.4) is 0 Å². The molecule has 122 valence electrons. The average molecular weight is 350 g/mol. The molecule has 0 aromatic heterocycles. The molecule has 1 aromatic carbocycles. The Morgan fingerprint density at radius 2 is 1.76 bits per heavy atom. The Labute approximate surface area is 124 Å². The quantitative estimate of drug-likeness (QED) is 0.256. The molecule has 0 saturated heterocycles. The standard InChI is InChI=1S/C12H16ClF4NO2S/c1-2-3-4-10(13)9-21(14,15,16,17)12-7-5-11(6-8-12)18(19)20/h5-8,10H,2-4,9H2,1H3. The Morgan fingerprint density at radius 3 is 2.19 bits per heavy atom. The lowest BCUT2D eigenvalue weighted by atomic mass is 10.2. The first-order valence-corrected chi connectivity index (χ1v) is 8.92. The number of rotatable bonds is 7. The predicted molar refractivity (Wildman–Crippen MR) is 77.4 cm³/mol. The maximum atomic E-state index is 14.1. The summed E-state index contributed by atoms with van der Waals surface area (Å²) in [6.07, 6.45) is 1.20. The van der Waals surface area contributed by atoms with E-state index in [2.05, 4.69) is 0 Å². The van der Waals surface area contributed by atoms with Crippen molar-refractivity contribution in [3.63, 3.8) is 0 Å². The van der Waals surface area contributed by atoms with Crippen molar-refractivity contribution in [2.24, 2.45) is 0 Å². The van der Waals surface area contributed by atoms with Crippen LogP contribution in [0.2, 0.25) is 0 Å². The fourth-order valence-corrected chi connectivity index (χ4v) is 4.58. The second-order valence-corrected chi connectivity index (χ2v) is 8.80. The van der Waals surface area contributed by atoms with Crippen molar-refractivity contribution in [1.29, 1.82) is 0 Å². The lowest BCUT2D eigenvalue weighted by Gasteiger charge is -2.50. The Hall–Kier alpha value is -1.02. The molecule has 21 heavy (non-hydrogen) atoms. The van der Waals surface area contributed by atoms with Gasteiger partial charge in [0.25, 0.3) is 5.69 Å².